The second-order valence-electron chi connectivity index (χ2n) is 4.13. The topological polar surface area (TPSA) is 33.4 Å². The van der Waals surface area contributed by atoms with Crippen LogP contribution in [0.2, 0.25) is 0 Å². The van der Waals surface area contributed by atoms with Gasteiger partial charge in [0.05, 0.1) is 12.4 Å². The predicted molar refractivity (Wildman–Crippen MR) is 69.2 cm³/mol. The molecule has 1 N–H and O–H groups in total. The van der Waals surface area contributed by atoms with E-state index >= 15 is 0 Å². The molecular formula is C14H11FO2S. The molecule has 1 unspecified atom stereocenters. The highest BCUT2D eigenvalue weighted by Gasteiger charge is 2.13. The molecule has 2 nitrogen and oxygen atoms in total. The standard InChI is InChI=1S/C14H11FO2S/c15-10-3-4-13-9(6-10)7-14(18-13)12(16)8-11-2-1-5-17-11/h1-7,12,16H,8H2. The minimum Gasteiger partial charge on any atom is -0.469 e. The SMILES string of the molecule is OC(Cc1ccco1)c1cc2cc(F)ccc2s1. The van der Waals surface area contributed by atoms with Crippen molar-refractivity contribution in [2.45, 2.75) is 12.5 Å². The Kier molecular flexibility index (Phi) is 2.89. The fourth-order valence-corrected chi connectivity index (χ4v) is 2.95. The molecule has 1 aromatic carbocycles. The summed E-state index contributed by atoms with van der Waals surface area (Å²) in [6.45, 7) is 0. The van der Waals surface area contributed by atoms with Gasteiger partial charge in [0, 0.05) is 16.0 Å². The van der Waals surface area contributed by atoms with Crippen LogP contribution in [0.4, 0.5) is 4.39 Å². The monoisotopic (exact) mass is 262 g/mol. The number of thiophene rings is 1. The Morgan fingerprint density at radius 3 is 2.94 bits per heavy atom. The third-order valence-electron chi connectivity index (χ3n) is 2.80. The van der Waals surface area contributed by atoms with E-state index < -0.39 is 6.10 Å². The van der Waals surface area contributed by atoms with Gasteiger partial charge in [-0.3, -0.25) is 0 Å². The number of aliphatic hydroxyl groups is 1. The molecule has 0 aliphatic carbocycles. The number of benzene rings is 1. The van der Waals surface area contributed by atoms with Gasteiger partial charge in [-0.25, -0.2) is 4.39 Å². The normalized spacial score (nSPS) is 13.0. The summed E-state index contributed by atoms with van der Waals surface area (Å²) in [5.41, 5.74) is 0. The van der Waals surface area contributed by atoms with Crippen LogP contribution >= 0.6 is 11.3 Å². The van der Waals surface area contributed by atoms with Gasteiger partial charge < -0.3 is 9.52 Å². The van der Waals surface area contributed by atoms with Crippen molar-refractivity contribution in [3.8, 4) is 0 Å². The smallest absolute Gasteiger partial charge is 0.123 e. The minimum atomic E-state index is -0.614. The van der Waals surface area contributed by atoms with E-state index in [4.69, 9.17) is 4.42 Å². The van der Waals surface area contributed by atoms with Gasteiger partial charge in [-0.05, 0) is 41.8 Å². The highest BCUT2D eigenvalue weighted by molar-refractivity contribution is 7.19. The lowest BCUT2D eigenvalue weighted by Crippen LogP contribution is -1.97. The van der Waals surface area contributed by atoms with Crippen molar-refractivity contribution < 1.29 is 13.9 Å². The van der Waals surface area contributed by atoms with Gasteiger partial charge in [-0.1, -0.05) is 0 Å². The van der Waals surface area contributed by atoms with Crippen LogP contribution in [0.3, 0.4) is 0 Å². The molecule has 4 heteroatoms. The molecule has 0 radical (unpaired) electrons. The minimum absolute atomic E-state index is 0.257. The first-order chi connectivity index (χ1) is 8.72. The zero-order valence-corrected chi connectivity index (χ0v) is 10.3. The summed E-state index contributed by atoms with van der Waals surface area (Å²) >= 11 is 1.48. The molecular weight excluding hydrogens is 251 g/mol. The fraction of sp³-hybridized carbons (Fsp3) is 0.143. The number of furan rings is 1. The van der Waals surface area contributed by atoms with Crippen LogP contribution in [0.5, 0.6) is 0 Å². The number of hydrogen-bond donors (Lipinski definition) is 1. The Morgan fingerprint density at radius 1 is 1.28 bits per heavy atom. The third-order valence-corrected chi connectivity index (χ3v) is 4.02. The number of halogens is 1. The first kappa shape index (κ1) is 11.4. The predicted octanol–water partition coefficient (Wildman–Crippen LogP) is 3.91. The lowest BCUT2D eigenvalue weighted by Gasteiger charge is -2.05. The van der Waals surface area contributed by atoms with Crippen molar-refractivity contribution >= 4 is 21.4 Å². The van der Waals surface area contributed by atoms with Crippen molar-refractivity contribution in [3.63, 3.8) is 0 Å². The Hall–Kier alpha value is -1.65. The summed E-state index contributed by atoms with van der Waals surface area (Å²) in [7, 11) is 0. The quantitative estimate of drug-likeness (QED) is 0.776. The van der Waals surface area contributed by atoms with Crippen LogP contribution in [0.25, 0.3) is 10.1 Å². The Morgan fingerprint density at radius 2 is 2.17 bits per heavy atom. The van der Waals surface area contributed by atoms with Gasteiger partial charge in [0.25, 0.3) is 0 Å². The molecule has 3 aromatic rings. The van der Waals surface area contributed by atoms with Gasteiger partial charge in [-0.15, -0.1) is 11.3 Å². The number of rotatable bonds is 3. The van der Waals surface area contributed by atoms with Gasteiger partial charge in [0.15, 0.2) is 0 Å². The molecule has 1 atom stereocenters. The van der Waals surface area contributed by atoms with Crippen LogP contribution in [-0.2, 0) is 6.42 Å². The molecule has 3 rings (SSSR count). The maximum absolute atomic E-state index is 13.1. The van der Waals surface area contributed by atoms with E-state index in [-0.39, 0.29) is 5.82 Å². The summed E-state index contributed by atoms with van der Waals surface area (Å²) in [5.74, 6) is 0.485. The Bertz CT molecular complexity index is 658. The molecule has 0 saturated carbocycles. The molecule has 0 saturated heterocycles. The lowest BCUT2D eigenvalue weighted by atomic mass is 10.1. The highest BCUT2D eigenvalue weighted by atomic mass is 32.1. The Balaban J connectivity index is 1.89. The zero-order chi connectivity index (χ0) is 12.5. The molecule has 0 aliphatic heterocycles. The molecule has 92 valence electrons. The average Bonchev–Trinajstić information content (AvgIpc) is 2.96. The van der Waals surface area contributed by atoms with Crippen LogP contribution in [0.1, 0.15) is 16.7 Å². The summed E-state index contributed by atoms with van der Waals surface area (Å²) in [5, 5.41) is 10.9. The van der Waals surface area contributed by atoms with E-state index in [2.05, 4.69) is 0 Å². The zero-order valence-electron chi connectivity index (χ0n) is 9.47. The van der Waals surface area contributed by atoms with Gasteiger partial charge >= 0.3 is 0 Å². The van der Waals surface area contributed by atoms with Gasteiger partial charge in [0.2, 0.25) is 0 Å². The van der Waals surface area contributed by atoms with Crippen molar-refractivity contribution in [1.29, 1.82) is 0 Å². The molecule has 2 heterocycles. The number of fused-ring (bicyclic) bond motifs is 1. The highest BCUT2D eigenvalue weighted by Crippen LogP contribution is 2.31. The van der Waals surface area contributed by atoms with Crippen LogP contribution in [0.15, 0.2) is 47.1 Å². The molecule has 0 spiro atoms. The van der Waals surface area contributed by atoms with E-state index in [1.54, 1.807) is 18.4 Å². The van der Waals surface area contributed by atoms with E-state index in [1.807, 2.05) is 12.1 Å². The van der Waals surface area contributed by atoms with Crippen molar-refractivity contribution in [1.82, 2.24) is 0 Å². The average molecular weight is 262 g/mol. The Labute approximate surface area is 107 Å². The second-order valence-corrected chi connectivity index (χ2v) is 5.25. The van der Waals surface area contributed by atoms with E-state index in [0.29, 0.717) is 6.42 Å². The summed E-state index contributed by atoms with van der Waals surface area (Å²) in [6.07, 6.45) is 1.40. The molecule has 0 fully saturated rings. The van der Waals surface area contributed by atoms with Crippen molar-refractivity contribution in [3.05, 3.63) is 59.1 Å². The molecule has 18 heavy (non-hydrogen) atoms. The number of aliphatic hydroxyl groups excluding tert-OH is 1. The first-order valence-electron chi connectivity index (χ1n) is 5.62. The van der Waals surface area contributed by atoms with Crippen molar-refractivity contribution in [2.24, 2.45) is 0 Å². The number of hydrogen-bond acceptors (Lipinski definition) is 3. The summed E-state index contributed by atoms with van der Waals surface area (Å²) < 4.78 is 19.3. The largest absolute Gasteiger partial charge is 0.469 e. The van der Waals surface area contributed by atoms with Crippen molar-refractivity contribution in [2.75, 3.05) is 0 Å². The van der Waals surface area contributed by atoms with Crippen LogP contribution in [-0.4, -0.2) is 5.11 Å². The van der Waals surface area contributed by atoms with E-state index in [9.17, 15) is 9.50 Å². The first-order valence-corrected chi connectivity index (χ1v) is 6.43. The van der Waals surface area contributed by atoms with Gasteiger partial charge in [0.1, 0.15) is 11.6 Å². The van der Waals surface area contributed by atoms with E-state index in [1.165, 1.54) is 23.5 Å². The lowest BCUT2D eigenvalue weighted by molar-refractivity contribution is 0.174. The maximum Gasteiger partial charge on any atom is 0.123 e. The molecule has 0 bridgehead atoms. The third kappa shape index (κ3) is 2.17. The maximum atomic E-state index is 13.1. The van der Waals surface area contributed by atoms with Crippen LogP contribution in [0, 0.1) is 5.82 Å². The van der Waals surface area contributed by atoms with Crippen LogP contribution < -0.4 is 0 Å². The molecule has 0 aliphatic rings. The van der Waals surface area contributed by atoms with Gasteiger partial charge in [-0.2, -0.15) is 0 Å². The second kappa shape index (κ2) is 4.55. The van der Waals surface area contributed by atoms with E-state index in [0.717, 1.165) is 20.7 Å². The summed E-state index contributed by atoms with van der Waals surface area (Å²) in [4.78, 5) is 0.826. The molecule has 0 amide bonds. The molecule has 2 aromatic heterocycles. The summed E-state index contributed by atoms with van der Waals surface area (Å²) in [6, 6.07) is 10.1. The fourth-order valence-electron chi connectivity index (χ4n) is 1.92.